The van der Waals surface area contributed by atoms with Gasteiger partial charge >= 0.3 is 12.1 Å². The number of allylic oxidation sites excluding steroid dienone is 1. The number of benzene rings is 2. The molecule has 290 valence electrons. The molecular weight excluding hydrogens is 707 g/mol. The number of methoxy groups -OCH3 is 1. The molecule has 2 aromatic carbocycles. The standard InChI is InChI=1S/C43H53NO9S/c1-27(2)17-18-37-42(3,53-37)40-39(49-4)36(19-20-43(40)26-51-43)52-38(47)23-28(45)25-54-22-10-16-35(46)34-15-9-21-44(34)41(48)50-24-33-31-13-7-5-11-29(31)30-12-6-8-14-32(30)33/h5-8,11-14,17,33-34,36-37,39-40H,9-10,15-16,18-26H2,1-4H3/t34?,36-,37-,39-,40-,42-,43+/m1/s1. The van der Waals surface area contributed by atoms with Crippen molar-refractivity contribution in [3.05, 3.63) is 71.3 Å². The van der Waals surface area contributed by atoms with Crippen LogP contribution in [0.25, 0.3) is 11.1 Å². The first kappa shape index (κ1) is 38.8. The average Bonchev–Trinajstić information content (AvgIpc) is 3.95. The van der Waals surface area contributed by atoms with Crippen molar-refractivity contribution in [1.29, 1.82) is 0 Å². The van der Waals surface area contributed by atoms with E-state index in [9.17, 15) is 19.2 Å². The number of hydrogen-bond donors (Lipinski definition) is 0. The Kier molecular flexibility index (Phi) is 11.7. The molecule has 0 aromatic heterocycles. The lowest BCUT2D eigenvalue weighted by Crippen LogP contribution is -2.55. The van der Waals surface area contributed by atoms with Crippen LogP contribution >= 0.6 is 11.8 Å². The van der Waals surface area contributed by atoms with E-state index in [1.54, 1.807) is 12.0 Å². The minimum Gasteiger partial charge on any atom is -0.459 e. The number of fused-ring (bicyclic) bond motifs is 3. The molecule has 3 aliphatic heterocycles. The number of carbonyl (C=O) groups excluding carboxylic acids is 4. The Bertz CT molecular complexity index is 1720. The fourth-order valence-corrected chi connectivity index (χ4v) is 10.0. The van der Waals surface area contributed by atoms with Gasteiger partial charge < -0.3 is 23.7 Å². The Labute approximate surface area is 322 Å². The number of Topliss-reactive ketones (excluding diaryl/α,β-unsaturated/α-hetero) is 2. The number of epoxide rings is 2. The van der Waals surface area contributed by atoms with Gasteiger partial charge in [-0.2, -0.15) is 11.8 Å². The predicted octanol–water partition coefficient (Wildman–Crippen LogP) is 7.06. The summed E-state index contributed by atoms with van der Waals surface area (Å²) in [4.78, 5) is 53.8. The van der Waals surface area contributed by atoms with E-state index < -0.39 is 35.9 Å². The molecule has 10 nitrogen and oxygen atoms in total. The molecule has 11 heteroatoms. The average molecular weight is 760 g/mol. The first-order valence-corrected chi connectivity index (χ1v) is 20.6. The summed E-state index contributed by atoms with van der Waals surface area (Å²) in [5.41, 5.74) is 5.12. The number of carbonyl (C=O) groups is 4. The van der Waals surface area contributed by atoms with Crippen LogP contribution in [-0.4, -0.2) is 102 Å². The van der Waals surface area contributed by atoms with Gasteiger partial charge in [0.15, 0.2) is 11.6 Å². The lowest BCUT2D eigenvalue weighted by molar-refractivity contribution is -0.172. The molecule has 5 aliphatic rings. The first-order chi connectivity index (χ1) is 26.0. The van der Waals surface area contributed by atoms with E-state index in [2.05, 4.69) is 51.1 Å². The highest BCUT2D eigenvalue weighted by Gasteiger charge is 2.72. The van der Waals surface area contributed by atoms with E-state index in [1.165, 1.54) is 28.5 Å². The monoisotopic (exact) mass is 759 g/mol. The third kappa shape index (κ3) is 8.06. The summed E-state index contributed by atoms with van der Waals surface area (Å²) < 4.78 is 29.9. The highest BCUT2D eigenvalue weighted by atomic mass is 32.2. The van der Waals surface area contributed by atoms with Crippen molar-refractivity contribution in [2.75, 3.05) is 38.4 Å². The molecule has 0 bridgehead atoms. The maximum atomic E-state index is 13.2. The van der Waals surface area contributed by atoms with Crippen molar-refractivity contribution in [2.24, 2.45) is 5.92 Å². The van der Waals surface area contributed by atoms with Crippen molar-refractivity contribution in [3.63, 3.8) is 0 Å². The van der Waals surface area contributed by atoms with Gasteiger partial charge in [-0.3, -0.25) is 19.3 Å². The molecule has 0 N–H and O–H groups in total. The highest BCUT2D eigenvalue weighted by Crippen LogP contribution is 2.59. The van der Waals surface area contributed by atoms with Gasteiger partial charge in [-0.25, -0.2) is 4.79 Å². The molecule has 54 heavy (non-hydrogen) atoms. The van der Waals surface area contributed by atoms with Crippen molar-refractivity contribution < 1.29 is 42.9 Å². The minimum atomic E-state index is -0.549. The van der Waals surface area contributed by atoms with Crippen molar-refractivity contribution in [2.45, 2.75) is 114 Å². The third-order valence-corrected chi connectivity index (χ3v) is 13.1. The van der Waals surface area contributed by atoms with Crippen LogP contribution in [0, 0.1) is 5.92 Å². The highest BCUT2D eigenvalue weighted by molar-refractivity contribution is 7.99. The molecule has 2 aromatic rings. The van der Waals surface area contributed by atoms with Crippen LogP contribution in [-0.2, 0) is 38.1 Å². The van der Waals surface area contributed by atoms with Gasteiger partial charge in [-0.15, -0.1) is 0 Å². The second-order valence-corrected chi connectivity index (χ2v) is 17.0. The maximum Gasteiger partial charge on any atom is 0.410 e. The largest absolute Gasteiger partial charge is 0.459 e. The molecular formula is C43H53NO9S. The number of thioether (sulfide) groups is 1. The molecule has 2 aliphatic carbocycles. The molecule has 0 radical (unpaired) electrons. The Morgan fingerprint density at radius 2 is 1.72 bits per heavy atom. The van der Waals surface area contributed by atoms with Crippen LogP contribution in [0.5, 0.6) is 0 Å². The number of likely N-dealkylation sites (tertiary alicyclic amines) is 1. The summed E-state index contributed by atoms with van der Waals surface area (Å²) in [6.45, 7) is 7.61. The zero-order valence-corrected chi connectivity index (χ0v) is 32.7. The molecule has 3 heterocycles. The zero-order valence-electron chi connectivity index (χ0n) is 31.9. The van der Waals surface area contributed by atoms with Crippen LogP contribution in [0.3, 0.4) is 0 Å². The van der Waals surface area contributed by atoms with Gasteiger partial charge in [0.05, 0.1) is 30.4 Å². The third-order valence-electron chi connectivity index (χ3n) is 12.0. The molecule has 3 saturated heterocycles. The first-order valence-electron chi connectivity index (χ1n) is 19.5. The van der Waals surface area contributed by atoms with E-state index >= 15 is 0 Å². The van der Waals surface area contributed by atoms with E-state index in [1.807, 2.05) is 24.3 Å². The topological polar surface area (TPSA) is 124 Å². The molecule has 1 spiro atoms. The summed E-state index contributed by atoms with van der Waals surface area (Å²) in [5.74, 6) is -0.113. The summed E-state index contributed by atoms with van der Waals surface area (Å²) in [7, 11) is 1.63. The molecule has 7 atom stereocenters. The van der Waals surface area contributed by atoms with E-state index in [0.29, 0.717) is 44.6 Å². The summed E-state index contributed by atoms with van der Waals surface area (Å²) in [5, 5.41) is 0. The van der Waals surface area contributed by atoms with E-state index in [-0.39, 0.29) is 53.9 Å². The van der Waals surface area contributed by atoms with Crippen LogP contribution < -0.4 is 0 Å². The fourth-order valence-electron chi connectivity index (χ4n) is 9.19. The summed E-state index contributed by atoms with van der Waals surface area (Å²) in [6, 6.07) is 15.9. The predicted molar refractivity (Wildman–Crippen MR) is 205 cm³/mol. The lowest BCUT2D eigenvalue weighted by Gasteiger charge is -2.42. The zero-order chi connectivity index (χ0) is 38.0. The lowest BCUT2D eigenvalue weighted by atomic mass is 9.68. The smallest absolute Gasteiger partial charge is 0.410 e. The Morgan fingerprint density at radius 1 is 1.02 bits per heavy atom. The van der Waals surface area contributed by atoms with Crippen molar-refractivity contribution in [3.8, 4) is 11.1 Å². The van der Waals surface area contributed by atoms with Gasteiger partial charge in [0.2, 0.25) is 0 Å². The number of hydrogen-bond acceptors (Lipinski definition) is 10. The fraction of sp³-hybridized carbons (Fsp3) is 0.581. The molecule has 4 fully saturated rings. The van der Waals surface area contributed by atoms with Crippen LogP contribution in [0.15, 0.2) is 60.2 Å². The van der Waals surface area contributed by atoms with Crippen molar-refractivity contribution in [1.82, 2.24) is 4.90 Å². The Hall–Kier alpha value is -3.51. The molecule has 7 rings (SSSR count). The van der Waals surface area contributed by atoms with Gasteiger partial charge in [0.1, 0.15) is 36.4 Å². The molecule has 1 amide bonds. The SMILES string of the molecule is CO[C@@H]1[C@H](OC(=O)CC(=O)CSCCCC(=O)C2CCCN2C(=O)OCC2c3ccccc3-c3ccccc32)CC[C@]2(CO2)[C@H]1[C@]1(C)O[C@@H]1CC=C(C)C. The number of rotatable bonds is 16. The Morgan fingerprint density at radius 3 is 2.39 bits per heavy atom. The number of ether oxygens (including phenoxy) is 5. The number of ketones is 2. The number of amides is 1. The van der Waals surface area contributed by atoms with E-state index in [4.69, 9.17) is 23.7 Å². The maximum absolute atomic E-state index is 13.2. The molecule has 1 saturated carbocycles. The van der Waals surface area contributed by atoms with Gasteiger partial charge in [-0.1, -0.05) is 60.2 Å². The number of esters is 1. The second-order valence-electron chi connectivity index (χ2n) is 15.9. The normalized spacial score (nSPS) is 29.3. The summed E-state index contributed by atoms with van der Waals surface area (Å²) in [6.07, 6.45) is 5.03. The van der Waals surface area contributed by atoms with Crippen LogP contribution in [0.2, 0.25) is 0 Å². The number of nitrogens with zero attached hydrogens (tertiary/aromatic N) is 1. The minimum absolute atomic E-state index is 0.0158. The Balaban J connectivity index is 0.819. The van der Waals surface area contributed by atoms with Gasteiger partial charge in [-0.05, 0) is 87.3 Å². The van der Waals surface area contributed by atoms with Crippen LogP contribution in [0.4, 0.5) is 4.79 Å². The quantitative estimate of drug-likeness (QED) is 0.0578. The van der Waals surface area contributed by atoms with E-state index in [0.717, 1.165) is 30.4 Å². The van der Waals surface area contributed by atoms with Gasteiger partial charge in [0, 0.05) is 26.0 Å². The summed E-state index contributed by atoms with van der Waals surface area (Å²) >= 11 is 1.41. The van der Waals surface area contributed by atoms with Crippen LogP contribution in [0.1, 0.15) is 89.2 Å². The second kappa shape index (κ2) is 16.3. The van der Waals surface area contributed by atoms with Crippen molar-refractivity contribution >= 4 is 35.4 Å². The molecule has 1 unspecified atom stereocenters. The van der Waals surface area contributed by atoms with Gasteiger partial charge in [0.25, 0.3) is 0 Å².